The second-order valence-electron chi connectivity index (χ2n) is 11.3. The SMILES string of the molecule is Cc1cc2ccc1[C@@H](C)COC(=O)Nc1ccc(-c3ccnn3C)c(c1)CN(C)C(=O)[C@@H]2Nc1ccc2cc[nH]c(=O)c2c1. The van der Waals surface area contributed by atoms with Crippen LogP contribution in [0.25, 0.3) is 22.0 Å². The molecule has 0 radical (unpaired) electrons. The summed E-state index contributed by atoms with van der Waals surface area (Å²) in [7, 11) is 3.62. The van der Waals surface area contributed by atoms with E-state index < -0.39 is 12.1 Å². The van der Waals surface area contributed by atoms with Crippen LogP contribution in [0.5, 0.6) is 0 Å². The highest BCUT2D eigenvalue weighted by atomic mass is 16.5. The average molecular weight is 591 g/mol. The molecule has 44 heavy (non-hydrogen) atoms. The smallest absolute Gasteiger partial charge is 0.411 e. The molecule has 5 aromatic rings. The Hall–Kier alpha value is -5.38. The summed E-state index contributed by atoms with van der Waals surface area (Å²) in [6.07, 6.45) is 2.80. The van der Waals surface area contributed by atoms with Crippen LogP contribution in [-0.2, 0) is 23.1 Å². The molecule has 2 aromatic heterocycles. The van der Waals surface area contributed by atoms with E-state index in [1.807, 2.05) is 81.6 Å². The molecule has 0 saturated carbocycles. The van der Waals surface area contributed by atoms with Crippen molar-refractivity contribution in [2.45, 2.75) is 32.4 Å². The maximum Gasteiger partial charge on any atom is 0.411 e. The molecule has 7 rings (SSSR count). The van der Waals surface area contributed by atoms with Gasteiger partial charge in [-0.05, 0) is 71.0 Å². The molecule has 4 heterocycles. The zero-order valence-electron chi connectivity index (χ0n) is 25.0. The number of carbonyl (C=O) groups excluding carboxylic acids is 2. The zero-order valence-corrected chi connectivity index (χ0v) is 25.0. The summed E-state index contributed by atoms with van der Waals surface area (Å²) >= 11 is 0. The first-order chi connectivity index (χ1) is 21.2. The van der Waals surface area contributed by atoms with Crippen molar-refractivity contribution < 1.29 is 14.3 Å². The fourth-order valence-electron chi connectivity index (χ4n) is 5.85. The van der Waals surface area contributed by atoms with Crippen molar-refractivity contribution in [3.63, 3.8) is 0 Å². The maximum atomic E-state index is 14.3. The number of pyridine rings is 1. The Kier molecular flexibility index (Phi) is 7.65. The fourth-order valence-corrected chi connectivity index (χ4v) is 5.85. The van der Waals surface area contributed by atoms with Crippen LogP contribution >= 0.6 is 0 Å². The third kappa shape index (κ3) is 5.66. The molecule has 4 bridgehead atoms. The van der Waals surface area contributed by atoms with E-state index in [0.29, 0.717) is 16.8 Å². The molecule has 2 aliphatic rings. The van der Waals surface area contributed by atoms with Gasteiger partial charge in [0, 0.05) is 61.3 Å². The predicted molar refractivity (Wildman–Crippen MR) is 171 cm³/mol. The van der Waals surface area contributed by atoms with E-state index in [2.05, 4.69) is 20.7 Å². The highest BCUT2D eigenvalue weighted by molar-refractivity contribution is 5.89. The molecule has 0 saturated heterocycles. The minimum atomic E-state index is -0.740. The van der Waals surface area contributed by atoms with Crippen LogP contribution < -0.4 is 16.2 Å². The number of benzene rings is 3. The Labute approximate surface area is 254 Å². The van der Waals surface area contributed by atoms with Gasteiger partial charge >= 0.3 is 6.09 Å². The van der Waals surface area contributed by atoms with Crippen molar-refractivity contribution in [3.05, 3.63) is 112 Å². The molecule has 0 fully saturated rings. The predicted octanol–water partition coefficient (Wildman–Crippen LogP) is 5.71. The molecule has 2 atom stereocenters. The molecular weight excluding hydrogens is 556 g/mol. The van der Waals surface area contributed by atoms with Crippen molar-refractivity contribution in [1.29, 1.82) is 0 Å². The van der Waals surface area contributed by atoms with Gasteiger partial charge in [-0.1, -0.05) is 37.3 Å². The second-order valence-corrected chi connectivity index (χ2v) is 11.3. The first kappa shape index (κ1) is 28.7. The van der Waals surface area contributed by atoms with Gasteiger partial charge in [-0.2, -0.15) is 5.10 Å². The third-order valence-electron chi connectivity index (χ3n) is 8.19. The Morgan fingerprint density at radius 2 is 1.82 bits per heavy atom. The zero-order chi connectivity index (χ0) is 31.0. The van der Waals surface area contributed by atoms with Crippen molar-refractivity contribution in [2.75, 3.05) is 24.3 Å². The van der Waals surface area contributed by atoms with E-state index in [1.165, 1.54) is 0 Å². The number of fused-ring (bicyclic) bond motifs is 10. The lowest BCUT2D eigenvalue weighted by Crippen LogP contribution is -2.35. The molecule has 3 N–H and O–H groups in total. The van der Waals surface area contributed by atoms with Crippen molar-refractivity contribution >= 4 is 34.1 Å². The first-order valence-corrected chi connectivity index (χ1v) is 14.5. The largest absolute Gasteiger partial charge is 0.449 e. The summed E-state index contributed by atoms with van der Waals surface area (Å²) in [6.45, 7) is 4.44. The summed E-state index contributed by atoms with van der Waals surface area (Å²) in [6, 6.07) is 20.0. The lowest BCUT2D eigenvalue weighted by molar-refractivity contribution is -0.131. The highest BCUT2D eigenvalue weighted by Gasteiger charge is 2.27. The third-order valence-corrected chi connectivity index (χ3v) is 8.19. The quantitative estimate of drug-likeness (QED) is 0.247. The molecule has 10 nitrogen and oxygen atoms in total. The van der Waals surface area contributed by atoms with Crippen molar-refractivity contribution in [1.82, 2.24) is 19.7 Å². The fraction of sp³-hybridized carbons (Fsp3) is 0.235. The van der Waals surface area contributed by atoms with Crippen LogP contribution in [0.2, 0.25) is 0 Å². The Morgan fingerprint density at radius 3 is 2.59 bits per heavy atom. The van der Waals surface area contributed by atoms with Crippen LogP contribution in [-0.4, -0.2) is 45.3 Å². The minimum absolute atomic E-state index is 0.0671. The summed E-state index contributed by atoms with van der Waals surface area (Å²) in [5, 5.41) is 11.9. The van der Waals surface area contributed by atoms with E-state index in [4.69, 9.17) is 4.74 Å². The molecule has 3 aromatic carbocycles. The number of rotatable bonds is 3. The molecular formula is C34H34N6O4. The van der Waals surface area contributed by atoms with Gasteiger partial charge in [0.15, 0.2) is 0 Å². The van der Waals surface area contributed by atoms with E-state index in [1.54, 1.807) is 35.1 Å². The molecule has 0 unspecified atom stereocenters. The van der Waals surface area contributed by atoms with E-state index >= 15 is 0 Å². The maximum absolute atomic E-state index is 14.3. The topological polar surface area (TPSA) is 121 Å². The second kappa shape index (κ2) is 11.7. The van der Waals surface area contributed by atoms with Gasteiger partial charge in [0.25, 0.3) is 5.56 Å². The molecule has 0 spiro atoms. The normalized spacial score (nSPS) is 17.4. The highest BCUT2D eigenvalue weighted by Crippen LogP contribution is 2.31. The number of aromatic nitrogens is 3. The number of ether oxygens (including phenoxy) is 1. The Balaban J connectivity index is 1.44. The van der Waals surface area contributed by atoms with Gasteiger partial charge in [-0.15, -0.1) is 0 Å². The van der Waals surface area contributed by atoms with Crippen LogP contribution in [0, 0.1) is 6.92 Å². The lowest BCUT2D eigenvalue weighted by Gasteiger charge is -2.28. The summed E-state index contributed by atoms with van der Waals surface area (Å²) in [4.78, 5) is 44.0. The van der Waals surface area contributed by atoms with Gasteiger partial charge < -0.3 is 19.9 Å². The average Bonchev–Trinajstić information content (AvgIpc) is 3.43. The number of nitrogens with zero attached hydrogens (tertiary/aromatic N) is 3. The van der Waals surface area contributed by atoms with Gasteiger partial charge in [-0.25, -0.2) is 4.79 Å². The van der Waals surface area contributed by atoms with Crippen molar-refractivity contribution in [2.24, 2.45) is 7.05 Å². The molecule has 0 aliphatic carbocycles. The van der Waals surface area contributed by atoms with Crippen molar-refractivity contribution in [3.8, 4) is 11.3 Å². The van der Waals surface area contributed by atoms with Gasteiger partial charge in [0.05, 0.1) is 12.3 Å². The number of anilines is 2. The van der Waals surface area contributed by atoms with E-state index in [9.17, 15) is 14.4 Å². The van der Waals surface area contributed by atoms with Crippen LogP contribution in [0.4, 0.5) is 16.2 Å². The van der Waals surface area contributed by atoms with E-state index in [-0.39, 0.29) is 30.5 Å². The van der Waals surface area contributed by atoms with Gasteiger partial charge in [0.2, 0.25) is 5.91 Å². The molecule has 2 amide bonds. The standard InChI is InChI=1S/C34H34N6O4/c1-20-15-23-6-9-27(20)21(2)19-44-34(43)38-25-8-10-28(30-12-14-36-40(30)4)24(16-25)18-39(3)33(42)31(23)37-26-7-5-22-11-13-35-32(41)29(22)17-26/h5-17,21,31,37H,18-19H2,1-4H3,(H,35,41)(H,38,43)/t21-,31+/m0/s1. The molecule has 10 heteroatoms. The first-order valence-electron chi connectivity index (χ1n) is 14.5. The number of aryl methyl sites for hydroxylation is 2. The minimum Gasteiger partial charge on any atom is -0.449 e. The Morgan fingerprint density at radius 1 is 0.977 bits per heavy atom. The summed E-state index contributed by atoms with van der Waals surface area (Å²) < 4.78 is 7.37. The van der Waals surface area contributed by atoms with Gasteiger partial charge in [-0.3, -0.25) is 19.6 Å². The lowest BCUT2D eigenvalue weighted by atomic mass is 9.92. The number of carbonyl (C=O) groups is 2. The number of likely N-dealkylation sites (N-methyl/N-ethyl adjacent to an activating group) is 1. The number of hydrogen-bond donors (Lipinski definition) is 3. The summed E-state index contributed by atoms with van der Waals surface area (Å²) in [5.74, 6) is -0.226. The van der Waals surface area contributed by atoms with Crippen LogP contribution in [0.15, 0.2) is 83.9 Å². The summed E-state index contributed by atoms with van der Waals surface area (Å²) in [5.41, 5.74) is 6.39. The number of H-pyrrole nitrogens is 1. The van der Waals surface area contributed by atoms with Crippen LogP contribution in [0.1, 0.15) is 41.1 Å². The van der Waals surface area contributed by atoms with Gasteiger partial charge in [0.1, 0.15) is 6.04 Å². The van der Waals surface area contributed by atoms with Crippen LogP contribution in [0.3, 0.4) is 0 Å². The number of aromatic amines is 1. The monoisotopic (exact) mass is 590 g/mol. The molecule has 2 aliphatic heterocycles. The number of hydrogen-bond acceptors (Lipinski definition) is 6. The Bertz CT molecular complexity index is 1940. The van der Waals surface area contributed by atoms with E-state index in [0.717, 1.165) is 38.9 Å². The molecule has 224 valence electrons. The number of nitrogens with one attached hydrogen (secondary N) is 3. The number of amides is 2.